The average molecular weight is 370 g/mol. The lowest BCUT2D eigenvalue weighted by atomic mass is 10.2. The summed E-state index contributed by atoms with van der Waals surface area (Å²) < 4.78 is 20.7. The van der Waals surface area contributed by atoms with Gasteiger partial charge in [-0.15, -0.1) is 0 Å². The van der Waals surface area contributed by atoms with Gasteiger partial charge < -0.3 is 23.9 Å². The number of aromatic nitrogens is 1. The van der Waals surface area contributed by atoms with Crippen LogP contribution in [0.1, 0.15) is 17.3 Å². The van der Waals surface area contributed by atoms with E-state index in [0.29, 0.717) is 28.3 Å². The molecule has 0 saturated carbocycles. The van der Waals surface area contributed by atoms with Crippen molar-refractivity contribution in [3.05, 3.63) is 48.4 Å². The molecule has 0 fully saturated rings. The zero-order valence-electron chi connectivity index (χ0n) is 15.0. The second-order valence-electron chi connectivity index (χ2n) is 5.64. The highest BCUT2D eigenvalue weighted by molar-refractivity contribution is 5.99. The molecule has 8 nitrogen and oxygen atoms in total. The predicted octanol–water partition coefficient (Wildman–Crippen LogP) is 3.03. The maximum absolute atomic E-state index is 12.4. The van der Waals surface area contributed by atoms with E-state index in [-0.39, 0.29) is 5.56 Å². The number of methoxy groups -OCH3 is 2. The summed E-state index contributed by atoms with van der Waals surface area (Å²) in [4.78, 5) is 28.7. The number of carbonyl (C=O) groups excluding carboxylic acids is 2. The third kappa shape index (κ3) is 4.00. The highest BCUT2D eigenvalue weighted by Crippen LogP contribution is 2.29. The van der Waals surface area contributed by atoms with E-state index in [1.165, 1.54) is 33.6 Å². The number of fused-ring (bicyclic) bond motifs is 1. The normalized spacial score (nSPS) is 11.7. The number of carbonyl (C=O) groups is 2. The van der Waals surface area contributed by atoms with Crippen molar-refractivity contribution >= 4 is 28.7 Å². The van der Waals surface area contributed by atoms with E-state index in [9.17, 15) is 9.59 Å². The number of oxazole rings is 1. The standard InChI is InChI=1S/C19H18N2O6/c1-11(18(22)21-15-9-13(24-2)5-7-16(15)25-3)27-19(23)12-4-6-17-14(8-12)20-10-26-17/h4-11H,1-3H3,(H,21,22). The molecule has 0 bridgehead atoms. The maximum Gasteiger partial charge on any atom is 0.338 e. The summed E-state index contributed by atoms with van der Waals surface area (Å²) in [5.74, 6) is -0.131. The summed E-state index contributed by atoms with van der Waals surface area (Å²) in [5, 5.41) is 2.67. The van der Waals surface area contributed by atoms with E-state index >= 15 is 0 Å². The molecule has 3 aromatic rings. The van der Waals surface area contributed by atoms with Crippen LogP contribution in [0.4, 0.5) is 5.69 Å². The van der Waals surface area contributed by atoms with Crippen molar-refractivity contribution in [3.63, 3.8) is 0 Å². The predicted molar refractivity (Wildman–Crippen MR) is 97.1 cm³/mol. The van der Waals surface area contributed by atoms with Crippen molar-refractivity contribution in [1.82, 2.24) is 4.98 Å². The lowest BCUT2D eigenvalue weighted by Crippen LogP contribution is -2.30. The lowest BCUT2D eigenvalue weighted by Gasteiger charge is -2.16. The number of amides is 1. The molecule has 1 atom stereocenters. The van der Waals surface area contributed by atoms with Gasteiger partial charge in [-0.3, -0.25) is 4.79 Å². The van der Waals surface area contributed by atoms with Gasteiger partial charge in [-0.2, -0.15) is 0 Å². The number of hydrogen-bond donors (Lipinski definition) is 1. The number of hydrogen-bond acceptors (Lipinski definition) is 7. The van der Waals surface area contributed by atoms with Gasteiger partial charge in [0.15, 0.2) is 18.1 Å². The molecule has 2 aromatic carbocycles. The van der Waals surface area contributed by atoms with Crippen LogP contribution < -0.4 is 14.8 Å². The van der Waals surface area contributed by atoms with Crippen LogP contribution in [0.25, 0.3) is 11.1 Å². The first-order chi connectivity index (χ1) is 13.0. The van der Waals surface area contributed by atoms with Gasteiger partial charge in [0.05, 0.1) is 25.5 Å². The Bertz CT molecular complexity index is 981. The Morgan fingerprint density at radius 1 is 1.11 bits per heavy atom. The Kier molecular flexibility index (Phi) is 5.25. The largest absolute Gasteiger partial charge is 0.497 e. The van der Waals surface area contributed by atoms with Crippen molar-refractivity contribution < 1.29 is 28.2 Å². The highest BCUT2D eigenvalue weighted by atomic mass is 16.5. The van der Waals surface area contributed by atoms with Gasteiger partial charge in [-0.1, -0.05) is 0 Å². The van der Waals surface area contributed by atoms with Crippen LogP contribution in [0, 0.1) is 0 Å². The van der Waals surface area contributed by atoms with Gasteiger partial charge in [0, 0.05) is 6.07 Å². The van der Waals surface area contributed by atoms with Crippen molar-refractivity contribution in [2.45, 2.75) is 13.0 Å². The minimum atomic E-state index is -1.03. The fourth-order valence-electron chi connectivity index (χ4n) is 2.41. The smallest absolute Gasteiger partial charge is 0.338 e. The Balaban J connectivity index is 1.69. The van der Waals surface area contributed by atoms with Crippen LogP contribution in [-0.4, -0.2) is 37.2 Å². The number of esters is 1. The highest BCUT2D eigenvalue weighted by Gasteiger charge is 2.21. The third-order valence-corrected chi connectivity index (χ3v) is 3.88. The SMILES string of the molecule is COc1ccc(OC)c(NC(=O)C(C)OC(=O)c2ccc3ocnc3c2)c1. The van der Waals surface area contributed by atoms with E-state index in [4.69, 9.17) is 18.6 Å². The monoisotopic (exact) mass is 370 g/mol. The number of benzene rings is 2. The maximum atomic E-state index is 12.4. The Labute approximate surface area is 155 Å². The number of nitrogens with zero attached hydrogens (tertiary/aromatic N) is 1. The summed E-state index contributed by atoms with van der Waals surface area (Å²) in [6.07, 6.45) is 0.263. The number of ether oxygens (including phenoxy) is 3. The quantitative estimate of drug-likeness (QED) is 0.666. The fourth-order valence-corrected chi connectivity index (χ4v) is 2.41. The number of rotatable bonds is 6. The molecule has 1 aromatic heterocycles. The Morgan fingerprint density at radius 2 is 1.93 bits per heavy atom. The van der Waals surface area contributed by atoms with Crippen LogP contribution in [0.5, 0.6) is 11.5 Å². The molecule has 1 N–H and O–H groups in total. The van der Waals surface area contributed by atoms with E-state index in [1.54, 1.807) is 30.3 Å². The molecule has 1 heterocycles. The van der Waals surface area contributed by atoms with Crippen LogP contribution in [0.3, 0.4) is 0 Å². The summed E-state index contributed by atoms with van der Waals surface area (Å²) in [5.41, 5.74) is 1.77. The van der Waals surface area contributed by atoms with Crippen LogP contribution in [-0.2, 0) is 9.53 Å². The van der Waals surface area contributed by atoms with Crippen molar-refractivity contribution in [1.29, 1.82) is 0 Å². The molecule has 0 radical (unpaired) electrons. The van der Waals surface area contributed by atoms with Gasteiger partial charge >= 0.3 is 5.97 Å². The Hall–Kier alpha value is -3.55. The van der Waals surface area contributed by atoms with E-state index in [1.807, 2.05) is 0 Å². The molecule has 8 heteroatoms. The minimum Gasteiger partial charge on any atom is -0.497 e. The van der Waals surface area contributed by atoms with Crippen LogP contribution in [0.15, 0.2) is 47.2 Å². The molecule has 0 spiro atoms. The van der Waals surface area contributed by atoms with Gasteiger partial charge in [-0.25, -0.2) is 9.78 Å². The molecule has 0 aliphatic rings. The average Bonchev–Trinajstić information content (AvgIpc) is 3.15. The minimum absolute atomic E-state index is 0.273. The molecular weight excluding hydrogens is 352 g/mol. The molecule has 140 valence electrons. The van der Waals surface area contributed by atoms with Gasteiger partial charge in [-0.05, 0) is 37.3 Å². The number of anilines is 1. The Morgan fingerprint density at radius 3 is 2.67 bits per heavy atom. The van der Waals surface area contributed by atoms with E-state index in [0.717, 1.165) is 0 Å². The van der Waals surface area contributed by atoms with Crippen molar-refractivity contribution in [2.75, 3.05) is 19.5 Å². The molecule has 0 saturated heterocycles. The van der Waals surface area contributed by atoms with Crippen molar-refractivity contribution in [2.24, 2.45) is 0 Å². The summed E-state index contributed by atoms with van der Waals surface area (Å²) >= 11 is 0. The number of nitrogens with one attached hydrogen (secondary N) is 1. The van der Waals surface area contributed by atoms with Gasteiger partial charge in [0.1, 0.15) is 17.0 Å². The second-order valence-corrected chi connectivity index (χ2v) is 5.64. The first-order valence-electron chi connectivity index (χ1n) is 8.09. The fraction of sp³-hybridized carbons (Fsp3) is 0.211. The first-order valence-corrected chi connectivity index (χ1v) is 8.09. The molecule has 1 unspecified atom stereocenters. The molecular formula is C19H18N2O6. The third-order valence-electron chi connectivity index (χ3n) is 3.88. The molecule has 27 heavy (non-hydrogen) atoms. The first kappa shape index (κ1) is 18.2. The molecule has 1 amide bonds. The van der Waals surface area contributed by atoms with Crippen molar-refractivity contribution in [3.8, 4) is 11.5 Å². The van der Waals surface area contributed by atoms with E-state index < -0.39 is 18.0 Å². The second kappa shape index (κ2) is 7.77. The zero-order chi connectivity index (χ0) is 19.4. The molecule has 3 rings (SSSR count). The zero-order valence-corrected chi connectivity index (χ0v) is 15.0. The van der Waals surface area contributed by atoms with Gasteiger partial charge in [0.2, 0.25) is 0 Å². The van der Waals surface area contributed by atoms with Crippen LogP contribution >= 0.6 is 0 Å². The van der Waals surface area contributed by atoms with Crippen LogP contribution in [0.2, 0.25) is 0 Å². The molecule has 0 aliphatic heterocycles. The molecule has 0 aliphatic carbocycles. The van der Waals surface area contributed by atoms with E-state index in [2.05, 4.69) is 10.3 Å². The summed E-state index contributed by atoms with van der Waals surface area (Å²) in [6.45, 7) is 1.48. The summed E-state index contributed by atoms with van der Waals surface area (Å²) in [7, 11) is 3.00. The summed E-state index contributed by atoms with van der Waals surface area (Å²) in [6, 6.07) is 9.69. The topological polar surface area (TPSA) is 99.9 Å². The van der Waals surface area contributed by atoms with Gasteiger partial charge in [0.25, 0.3) is 5.91 Å². The lowest BCUT2D eigenvalue weighted by molar-refractivity contribution is -0.123.